The van der Waals surface area contributed by atoms with Crippen molar-refractivity contribution in [3.63, 3.8) is 0 Å². The minimum Gasteiger partial charge on any atom is -0.369 e. The number of nitrogens with zero attached hydrogens (tertiary/aromatic N) is 5. The number of amides is 1. The molecule has 3 aliphatic rings. The fourth-order valence-corrected chi connectivity index (χ4v) is 6.00. The number of anilines is 4. The van der Waals surface area contributed by atoms with Crippen molar-refractivity contribution in [3.8, 4) is 0 Å². The number of piperazine rings is 1. The average molecular weight is 546 g/mol. The topological polar surface area (TPSA) is 76.6 Å². The van der Waals surface area contributed by atoms with E-state index in [-0.39, 0.29) is 29.6 Å². The first-order chi connectivity index (χ1) is 18.5. The number of rotatable bonds is 9. The number of aryl methyl sites for hydroxylation is 1. The second kappa shape index (κ2) is 10.5. The van der Waals surface area contributed by atoms with Crippen LogP contribution in [0.15, 0.2) is 24.4 Å². The van der Waals surface area contributed by atoms with E-state index in [1.54, 1.807) is 4.90 Å². The van der Waals surface area contributed by atoms with Gasteiger partial charge in [0.1, 0.15) is 11.4 Å². The van der Waals surface area contributed by atoms with Gasteiger partial charge < -0.3 is 20.4 Å². The standard InChI is InChI=1S/C28H38F3N7O/c1-5-18-13-19(38-17-20-14-21(38)16-36(20)4)7-8-23(18)34-26-33-15-22(28(29,30)31)24(35-26)32-10-6-11-37-12-9-27(2,3)25(37)39/h7-8,13,15,20-21H,5-6,9-12,14,16-17H2,1-4H3,(H2,32,33,34,35). The number of likely N-dealkylation sites (N-methyl/N-ethyl adjacent to an activating group) is 1. The van der Waals surface area contributed by atoms with Crippen LogP contribution >= 0.6 is 0 Å². The number of hydrogen-bond acceptors (Lipinski definition) is 7. The van der Waals surface area contributed by atoms with Gasteiger partial charge in [0.15, 0.2) is 0 Å². The lowest BCUT2D eigenvalue weighted by atomic mass is 9.92. The fourth-order valence-electron chi connectivity index (χ4n) is 6.00. The van der Waals surface area contributed by atoms with Crippen LogP contribution in [0, 0.1) is 5.41 Å². The number of hydrogen-bond donors (Lipinski definition) is 2. The molecule has 8 nitrogen and oxygen atoms in total. The number of aromatic nitrogens is 2. The van der Waals surface area contributed by atoms with Crippen LogP contribution in [0.3, 0.4) is 0 Å². The summed E-state index contributed by atoms with van der Waals surface area (Å²) in [6.45, 7) is 9.40. The van der Waals surface area contributed by atoms with Crippen molar-refractivity contribution in [3.05, 3.63) is 35.5 Å². The second-order valence-corrected chi connectivity index (χ2v) is 11.6. The molecule has 5 rings (SSSR count). The first-order valence-corrected chi connectivity index (χ1v) is 13.8. The Morgan fingerprint density at radius 1 is 1.18 bits per heavy atom. The Labute approximate surface area is 228 Å². The molecule has 11 heteroatoms. The molecule has 1 amide bonds. The molecule has 2 N–H and O–H groups in total. The number of likely N-dealkylation sites (tertiary alicyclic amines) is 2. The van der Waals surface area contributed by atoms with Crippen molar-refractivity contribution in [2.75, 3.05) is 55.3 Å². The fraction of sp³-hybridized carbons (Fsp3) is 0.607. The predicted molar refractivity (Wildman–Crippen MR) is 146 cm³/mol. The van der Waals surface area contributed by atoms with Gasteiger partial charge in [0.2, 0.25) is 11.9 Å². The third kappa shape index (κ3) is 5.64. The number of benzene rings is 1. The van der Waals surface area contributed by atoms with Crippen molar-refractivity contribution >= 4 is 29.0 Å². The quantitative estimate of drug-likeness (QED) is 0.440. The van der Waals surface area contributed by atoms with E-state index in [0.717, 1.165) is 43.4 Å². The van der Waals surface area contributed by atoms with E-state index in [2.05, 4.69) is 56.5 Å². The minimum atomic E-state index is -4.59. The monoisotopic (exact) mass is 545 g/mol. The minimum absolute atomic E-state index is 0.0920. The predicted octanol–water partition coefficient (Wildman–Crippen LogP) is 4.75. The number of carbonyl (C=O) groups excluding carboxylic acids is 1. The molecule has 1 aromatic carbocycles. The Balaban J connectivity index is 1.27. The summed E-state index contributed by atoms with van der Waals surface area (Å²) >= 11 is 0. The zero-order chi connectivity index (χ0) is 27.9. The van der Waals surface area contributed by atoms with Crippen LogP contribution in [0.5, 0.6) is 0 Å². The van der Waals surface area contributed by atoms with Gasteiger partial charge in [-0.25, -0.2) is 4.98 Å². The van der Waals surface area contributed by atoms with E-state index >= 15 is 0 Å². The van der Waals surface area contributed by atoms with Gasteiger partial charge in [-0.15, -0.1) is 0 Å². The highest BCUT2D eigenvalue weighted by atomic mass is 19.4. The molecule has 2 aromatic rings. The van der Waals surface area contributed by atoms with Crippen LogP contribution in [0.2, 0.25) is 0 Å². The zero-order valence-corrected chi connectivity index (χ0v) is 23.1. The Bertz CT molecular complexity index is 1220. The van der Waals surface area contributed by atoms with Crippen LogP contribution in [-0.2, 0) is 17.4 Å². The van der Waals surface area contributed by atoms with Gasteiger partial charge >= 0.3 is 6.18 Å². The second-order valence-electron chi connectivity index (χ2n) is 11.6. The van der Waals surface area contributed by atoms with E-state index < -0.39 is 11.7 Å². The molecule has 0 saturated carbocycles. The third-order valence-electron chi connectivity index (χ3n) is 8.43. The summed E-state index contributed by atoms with van der Waals surface area (Å²) in [5.41, 5.74) is 1.73. The van der Waals surface area contributed by atoms with Crippen molar-refractivity contribution in [2.45, 2.75) is 64.7 Å². The lowest BCUT2D eigenvalue weighted by Gasteiger charge is -2.34. The normalized spacial score (nSPS) is 22.7. The molecule has 0 radical (unpaired) electrons. The molecule has 0 spiro atoms. The van der Waals surface area contributed by atoms with Gasteiger partial charge in [0, 0.05) is 67.8 Å². The van der Waals surface area contributed by atoms with Crippen LogP contribution < -0.4 is 15.5 Å². The Morgan fingerprint density at radius 3 is 2.59 bits per heavy atom. The van der Waals surface area contributed by atoms with E-state index in [1.165, 1.54) is 12.1 Å². The molecule has 4 heterocycles. The zero-order valence-electron chi connectivity index (χ0n) is 23.1. The number of nitrogens with one attached hydrogen (secondary N) is 2. The van der Waals surface area contributed by atoms with E-state index in [9.17, 15) is 18.0 Å². The summed E-state index contributed by atoms with van der Waals surface area (Å²) in [6.07, 6.45) is -0.525. The molecule has 0 aliphatic carbocycles. The molecule has 3 saturated heterocycles. The lowest BCUT2D eigenvalue weighted by Crippen LogP contribution is -2.44. The summed E-state index contributed by atoms with van der Waals surface area (Å²) in [6, 6.07) is 7.30. The molecule has 212 valence electrons. The van der Waals surface area contributed by atoms with Crippen molar-refractivity contribution in [2.24, 2.45) is 5.41 Å². The van der Waals surface area contributed by atoms with E-state index in [0.29, 0.717) is 31.6 Å². The molecule has 3 fully saturated rings. The summed E-state index contributed by atoms with van der Waals surface area (Å²) in [7, 11) is 2.18. The SMILES string of the molecule is CCc1cc(N2CC3CC2CN3C)ccc1Nc1ncc(C(F)(F)F)c(NCCCN2CCC(C)(C)C2=O)n1. The summed E-state index contributed by atoms with van der Waals surface area (Å²) in [5.74, 6) is -0.0689. The first-order valence-electron chi connectivity index (χ1n) is 13.8. The van der Waals surface area contributed by atoms with Gasteiger partial charge in [-0.2, -0.15) is 18.2 Å². The van der Waals surface area contributed by atoms with Crippen molar-refractivity contribution in [1.82, 2.24) is 19.8 Å². The van der Waals surface area contributed by atoms with Crippen LogP contribution in [-0.4, -0.2) is 77.5 Å². The summed E-state index contributed by atoms with van der Waals surface area (Å²) in [4.78, 5) is 27.3. The number of halogens is 3. The number of alkyl halides is 3. The smallest absolute Gasteiger partial charge is 0.369 e. The van der Waals surface area contributed by atoms with Crippen LogP contribution in [0.1, 0.15) is 51.2 Å². The maximum atomic E-state index is 13.7. The average Bonchev–Trinajstić information content (AvgIpc) is 3.54. The number of fused-ring (bicyclic) bond motifs is 2. The number of carbonyl (C=O) groups is 1. The highest BCUT2D eigenvalue weighted by Gasteiger charge is 2.41. The largest absolute Gasteiger partial charge is 0.421 e. The van der Waals surface area contributed by atoms with Gasteiger partial charge in [0.05, 0.1) is 0 Å². The molecule has 3 aliphatic heterocycles. The van der Waals surface area contributed by atoms with E-state index in [1.807, 2.05) is 19.9 Å². The molecular weight excluding hydrogens is 507 g/mol. The molecule has 39 heavy (non-hydrogen) atoms. The van der Waals surface area contributed by atoms with Gasteiger partial charge in [-0.3, -0.25) is 9.69 Å². The Kier molecular flexibility index (Phi) is 7.39. The molecule has 2 unspecified atom stereocenters. The lowest BCUT2D eigenvalue weighted by molar-refractivity contribution is -0.137. The molecule has 2 bridgehead atoms. The maximum Gasteiger partial charge on any atom is 0.421 e. The Hall–Kier alpha value is -3.08. The maximum absolute atomic E-state index is 13.7. The summed E-state index contributed by atoms with van der Waals surface area (Å²) in [5, 5.41) is 5.98. The van der Waals surface area contributed by atoms with Crippen LogP contribution in [0.25, 0.3) is 0 Å². The van der Waals surface area contributed by atoms with Crippen molar-refractivity contribution < 1.29 is 18.0 Å². The third-order valence-corrected chi connectivity index (χ3v) is 8.43. The highest BCUT2D eigenvalue weighted by Crippen LogP contribution is 2.37. The van der Waals surface area contributed by atoms with Gasteiger partial charge in [-0.1, -0.05) is 20.8 Å². The van der Waals surface area contributed by atoms with Crippen LogP contribution in [0.4, 0.5) is 36.3 Å². The van der Waals surface area contributed by atoms with Gasteiger partial charge in [-0.05, 0) is 56.5 Å². The first kappa shape index (κ1) is 27.5. The molecular formula is C28H38F3N7O. The van der Waals surface area contributed by atoms with E-state index in [4.69, 9.17) is 0 Å². The molecule has 2 atom stereocenters. The highest BCUT2D eigenvalue weighted by molar-refractivity contribution is 5.84. The van der Waals surface area contributed by atoms with Crippen molar-refractivity contribution in [1.29, 1.82) is 0 Å². The molecule has 1 aromatic heterocycles. The van der Waals surface area contributed by atoms with Gasteiger partial charge in [0.25, 0.3) is 0 Å². The summed E-state index contributed by atoms with van der Waals surface area (Å²) < 4.78 is 41.1. The Morgan fingerprint density at radius 2 is 1.97 bits per heavy atom.